The second-order valence-electron chi connectivity index (χ2n) is 6.99. The number of hydrogen-bond acceptors (Lipinski definition) is 3. The van der Waals surface area contributed by atoms with Gasteiger partial charge in [0.2, 0.25) is 0 Å². The normalized spacial score (nSPS) is 13.5. The minimum absolute atomic E-state index is 0.0309. The summed E-state index contributed by atoms with van der Waals surface area (Å²) in [5.41, 5.74) is 5.47. The van der Waals surface area contributed by atoms with Crippen LogP contribution in [0.15, 0.2) is 72.8 Å². The predicted octanol–water partition coefficient (Wildman–Crippen LogP) is 5.38. The predicted molar refractivity (Wildman–Crippen MR) is 109 cm³/mol. The molecule has 4 nitrogen and oxygen atoms in total. The van der Waals surface area contributed by atoms with Crippen LogP contribution < -0.4 is 5.32 Å². The topological polar surface area (TPSA) is 58.6 Å². The highest BCUT2D eigenvalue weighted by Crippen LogP contribution is 2.44. The van der Waals surface area contributed by atoms with Crippen molar-refractivity contribution in [2.24, 2.45) is 0 Å². The van der Waals surface area contributed by atoms with E-state index in [1.54, 1.807) is 12.1 Å². The number of alkyl carbamates (subject to hydrolysis) is 1. The molecular weight excluding hydrogens is 350 g/mol. The quantitative estimate of drug-likeness (QED) is 0.631. The molecule has 0 bridgehead atoms. The van der Waals surface area contributed by atoms with Crippen molar-refractivity contribution < 1.29 is 14.6 Å². The molecule has 4 rings (SSSR count). The maximum absolute atomic E-state index is 12.5. The second-order valence-corrected chi connectivity index (χ2v) is 6.99. The van der Waals surface area contributed by atoms with E-state index in [0.29, 0.717) is 12.0 Å². The molecule has 0 saturated heterocycles. The molecule has 1 aliphatic rings. The monoisotopic (exact) mass is 373 g/mol. The summed E-state index contributed by atoms with van der Waals surface area (Å²) in [5, 5.41) is 12.9. The highest BCUT2D eigenvalue weighted by atomic mass is 16.5. The molecule has 0 fully saturated rings. The maximum atomic E-state index is 12.5. The zero-order valence-corrected chi connectivity index (χ0v) is 15.8. The first kappa shape index (κ1) is 18.1. The van der Waals surface area contributed by atoms with Gasteiger partial charge in [0, 0.05) is 11.5 Å². The summed E-state index contributed by atoms with van der Waals surface area (Å²) in [7, 11) is 0. The van der Waals surface area contributed by atoms with Gasteiger partial charge in [0.25, 0.3) is 0 Å². The van der Waals surface area contributed by atoms with Crippen molar-refractivity contribution in [3.8, 4) is 16.9 Å². The van der Waals surface area contributed by atoms with E-state index in [9.17, 15) is 9.90 Å². The molecular formula is C24H23NO3. The zero-order valence-electron chi connectivity index (χ0n) is 15.8. The Labute approximate surface area is 164 Å². The van der Waals surface area contributed by atoms with Crippen molar-refractivity contribution >= 4 is 6.09 Å². The number of amides is 1. The summed E-state index contributed by atoms with van der Waals surface area (Å²) in [4.78, 5) is 12.5. The molecule has 4 heteroatoms. The van der Waals surface area contributed by atoms with Crippen LogP contribution in [-0.4, -0.2) is 17.8 Å². The lowest BCUT2D eigenvalue weighted by molar-refractivity contribution is 0.138. The number of carbonyl (C=O) groups is 1. The number of carbonyl (C=O) groups excluding carboxylic acids is 1. The Hall–Kier alpha value is -3.27. The van der Waals surface area contributed by atoms with Crippen LogP contribution >= 0.6 is 0 Å². The van der Waals surface area contributed by atoms with Gasteiger partial charge in [-0.1, -0.05) is 73.7 Å². The molecule has 0 aromatic heterocycles. The lowest BCUT2D eigenvalue weighted by Crippen LogP contribution is -2.30. The van der Waals surface area contributed by atoms with Gasteiger partial charge in [0.1, 0.15) is 12.4 Å². The lowest BCUT2D eigenvalue weighted by Gasteiger charge is -2.20. The van der Waals surface area contributed by atoms with Gasteiger partial charge in [-0.3, -0.25) is 0 Å². The number of fused-ring (bicyclic) bond motifs is 3. The van der Waals surface area contributed by atoms with E-state index in [-0.39, 0.29) is 24.3 Å². The Balaban J connectivity index is 1.47. The SMILES string of the molecule is CCC(NC(=O)OCC1c2ccccc2-c2ccccc21)c1ccccc1O. The summed E-state index contributed by atoms with van der Waals surface area (Å²) in [5.74, 6) is 0.205. The lowest BCUT2D eigenvalue weighted by atomic mass is 9.98. The molecule has 1 atom stereocenters. The number of aromatic hydroxyl groups is 1. The molecule has 0 radical (unpaired) electrons. The van der Waals surface area contributed by atoms with E-state index in [1.165, 1.54) is 22.3 Å². The van der Waals surface area contributed by atoms with E-state index in [0.717, 1.165) is 0 Å². The van der Waals surface area contributed by atoms with Crippen molar-refractivity contribution in [1.82, 2.24) is 5.32 Å². The fraction of sp³-hybridized carbons (Fsp3) is 0.208. The number of ether oxygens (including phenoxy) is 1. The standard InChI is InChI=1S/C24H23NO3/c1-2-22(20-13-7-8-14-23(20)26)25-24(27)28-15-21-18-11-5-3-9-16(18)17-10-4-6-12-19(17)21/h3-14,21-22,26H,2,15H2,1H3,(H,25,27). The van der Waals surface area contributed by atoms with Crippen molar-refractivity contribution in [3.63, 3.8) is 0 Å². The summed E-state index contributed by atoms with van der Waals surface area (Å²) in [6, 6.07) is 23.3. The zero-order chi connectivity index (χ0) is 19.5. The fourth-order valence-electron chi connectivity index (χ4n) is 3.96. The van der Waals surface area contributed by atoms with E-state index < -0.39 is 6.09 Å². The van der Waals surface area contributed by atoms with Gasteiger partial charge in [-0.2, -0.15) is 0 Å². The van der Waals surface area contributed by atoms with Crippen LogP contribution in [0.1, 0.15) is 42.0 Å². The molecule has 0 saturated carbocycles. The van der Waals surface area contributed by atoms with Crippen molar-refractivity contribution in [2.45, 2.75) is 25.3 Å². The van der Waals surface area contributed by atoms with Gasteiger partial charge >= 0.3 is 6.09 Å². The molecule has 2 N–H and O–H groups in total. The number of para-hydroxylation sites is 1. The van der Waals surface area contributed by atoms with E-state index in [2.05, 4.69) is 29.6 Å². The van der Waals surface area contributed by atoms with Crippen LogP contribution in [0.25, 0.3) is 11.1 Å². The highest BCUT2D eigenvalue weighted by Gasteiger charge is 2.29. The number of phenols is 1. The summed E-state index contributed by atoms with van der Waals surface area (Å²) in [6.45, 7) is 2.23. The second kappa shape index (κ2) is 7.77. The Morgan fingerprint density at radius 1 is 0.964 bits per heavy atom. The number of phenolic OH excluding ortho intramolecular Hbond substituents is 1. The first-order chi connectivity index (χ1) is 13.7. The molecule has 0 spiro atoms. The third-order valence-electron chi connectivity index (χ3n) is 5.36. The Bertz CT molecular complexity index is 953. The van der Waals surface area contributed by atoms with E-state index in [4.69, 9.17) is 4.74 Å². The smallest absolute Gasteiger partial charge is 0.407 e. The molecule has 142 valence electrons. The van der Waals surface area contributed by atoms with Crippen LogP contribution in [0, 0.1) is 0 Å². The number of nitrogens with one attached hydrogen (secondary N) is 1. The average Bonchev–Trinajstić information content (AvgIpc) is 3.05. The minimum atomic E-state index is -0.475. The molecule has 3 aromatic rings. The molecule has 0 aliphatic heterocycles. The van der Waals surface area contributed by atoms with Crippen LogP contribution in [0.2, 0.25) is 0 Å². The third-order valence-corrected chi connectivity index (χ3v) is 5.36. The van der Waals surface area contributed by atoms with Crippen molar-refractivity contribution in [3.05, 3.63) is 89.5 Å². The van der Waals surface area contributed by atoms with Crippen LogP contribution in [0.4, 0.5) is 4.79 Å². The average molecular weight is 373 g/mol. The molecule has 1 amide bonds. The van der Waals surface area contributed by atoms with Gasteiger partial charge in [-0.05, 0) is 34.7 Å². The molecule has 0 heterocycles. The largest absolute Gasteiger partial charge is 0.508 e. The first-order valence-corrected chi connectivity index (χ1v) is 9.58. The molecule has 28 heavy (non-hydrogen) atoms. The van der Waals surface area contributed by atoms with Crippen LogP contribution in [0.5, 0.6) is 5.75 Å². The van der Waals surface area contributed by atoms with Crippen molar-refractivity contribution in [1.29, 1.82) is 0 Å². The summed E-state index contributed by atoms with van der Waals surface area (Å²) < 4.78 is 5.60. The van der Waals surface area contributed by atoms with E-state index in [1.807, 2.05) is 43.3 Å². The van der Waals surface area contributed by atoms with Crippen LogP contribution in [0.3, 0.4) is 0 Å². The summed E-state index contributed by atoms with van der Waals surface area (Å²) >= 11 is 0. The first-order valence-electron chi connectivity index (χ1n) is 9.58. The third kappa shape index (κ3) is 3.33. The maximum Gasteiger partial charge on any atom is 0.407 e. The number of rotatable bonds is 5. The van der Waals surface area contributed by atoms with Gasteiger partial charge < -0.3 is 15.2 Å². The Morgan fingerprint density at radius 2 is 1.54 bits per heavy atom. The Morgan fingerprint density at radius 3 is 2.14 bits per heavy atom. The van der Waals surface area contributed by atoms with Gasteiger partial charge in [-0.15, -0.1) is 0 Å². The van der Waals surface area contributed by atoms with Crippen LogP contribution in [-0.2, 0) is 4.74 Å². The number of hydrogen-bond donors (Lipinski definition) is 2. The van der Waals surface area contributed by atoms with Gasteiger partial charge in [-0.25, -0.2) is 4.79 Å². The van der Waals surface area contributed by atoms with Gasteiger partial charge in [0.05, 0.1) is 6.04 Å². The molecule has 1 aliphatic carbocycles. The molecule has 1 unspecified atom stereocenters. The van der Waals surface area contributed by atoms with Crippen molar-refractivity contribution in [2.75, 3.05) is 6.61 Å². The minimum Gasteiger partial charge on any atom is -0.508 e. The molecule has 3 aromatic carbocycles. The van der Waals surface area contributed by atoms with Gasteiger partial charge in [0.15, 0.2) is 0 Å². The van der Waals surface area contributed by atoms with E-state index >= 15 is 0 Å². The number of benzene rings is 3. The fourth-order valence-corrected chi connectivity index (χ4v) is 3.96. The highest BCUT2D eigenvalue weighted by molar-refractivity contribution is 5.79. The Kier molecular flexibility index (Phi) is 5.02. The summed E-state index contributed by atoms with van der Waals surface area (Å²) in [6.07, 6.45) is 0.180.